The van der Waals surface area contributed by atoms with E-state index in [0.29, 0.717) is 47.4 Å². The number of hydrogen-bond donors (Lipinski definition) is 0. The molecule has 186 valence electrons. The van der Waals surface area contributed by atoms with Crippen LogP contribution >= 0.6 is 0 Å². The van der Waals surface area contributed by atoms with Gasteiger partial charge in [0.2, 0.25) is 0 Å². The van der Waals surface area contributed by atoms with E-state index in [-0.39, 0.29) is 30.3 Å². The highest BCUT2D eigenvalue weighted by molar-refractivity contribution is 6.20. The second-order valence-electron chi connectivity index (χ2n) is 9.08. The molecule has 3 aromatic heterocycles. The number of allylic oxidation sites excluding steroid dienone is 1. The minimum atomic E-state index is -0.289. The molecule has 0 unspecified atom stereocenters. The van der Waals surface area contributed by atoms with Crippen LogP contribution in [0.5, 0.6) is 5.75 Å². The molecule has 0 fully saturated rings. The van der Waals surface area contributed by atoms with Crippen molar-refractivity contribution in [1.29, 1.82) is 0 Å². The standard InChI is InChI=1S/C28H24N4O5/c1-36-18-8-9-23-22(15-18)17(16-37-23)10-13-31-24(30-25-21(28(31)35)7-4-12-29-25)11-14-32-26(33)19-5-2-3-6-20(19)27(32)34/h2,4-5,7-9,12,15-16H,3,6,10-11,13-14H2,1H3. The van der Waals surface area contributed by atoms with Crippen molar-refractivity contribution in [3.8, 4) is 5.75 Å². The highest BCUT2D eigenvalue weighted by atomic mass is 16.5. The first-order valence-corrected chi connectivity index (χ1v) is 12.2. The van der Waals surface area contributed by atoms with Crippen LogP contribution in [0, 0.1) is 0 Å². The van der Waals surface area contributed by atoms with E-state index in [1.165, 1.54) is 4.90 Å². The fraction of sp³-hybridized carbons (Fsp3) is 0.250. The maximum Gasteiger partial charge on any atom is 0.263 e. The van der Waals surface area contributed by atoms with Crippen molar-refractivity contribution >= 4 is 33.8 Å². The molecule has 2 amide bonds. The van der Waals surface area contributed by atoms with E-state index in [4.69, 9.17) is 9.15 Å². The number of furan rings is 1. The number of carbonyl (C=O) groups excluding carboxylic acids is 2. The van der Waals surface area contributed by atoms with Crippen molar-refractivity contribution in [3.63, 3.8) is 0 Å². The molecule has 4 heterocycles. The van der Waals surface area contributed by atoms with Gasteiger partial charge in [0.25, 0.3) is 17.4 Å². The van der Waals surface area contributed by atoms with Crippen LogP contribution in [0.1, 0.15) is 24.2 Å². The predicted octanol–water partition coefficient (Wildman–Crippen LogP) is 3.35. The number of methoxy groups -OCH3 is 1. The number of aromatic nitrogens is 3. The third-order valence-corrected chi connectivity index (χ3v) is 6.98. The van der Waals surface area contributed by atoms with Gasteiger partial charge >= 0.3 is 0 Å². The van der Waals surface area contributed by atoms with Gasteiger partial charge in [0, 0.05) is 47.8 Å². The van der Waals surface area contributed by atoms with Crippen LogP contribution in [0.3, 0.4) is 0 Å². The second kappa shape index (κ2) is 9.16. The van der Waals surface area contributed by atoms with Crippen molar-refractivity contribution in [2.24, 2.45) is 0 Å². The predicted molar refractivity (Wildman–Crippen MR) is 136 cm³/mol. The second-order valence-corrected chi connectivity index (χ2v) is 9.08. The Morgan fingerprint density at radius 1 is 1.05 bits per heavy atom. The van der Waals surface area contributed by atoms with Gasteiger partial charge in [-0.05, 0) is 49.6 Å². The summed E-state index contributed by atoms with van der Waals surface area (Å²) in [6, 6.07) is 9.01. The van der Waals surface area contributed by atoms with E-state index >= 15 is 0 Å². The van der Waals surface area contributed by atoms with Crippen molar-refractivity contribution in [2.75, 3.05) is 13.7 Å². The Hall–Kier alpha value is -4.53. The highest BCUT2D eigenvalue weighted by Gasteiger charge is 2.37. The molecule has 4 aromatic rings. The molecule has 1 aromatic carbocycles. The molecule has 0 N–H and O–H groups in total. The van der Waals surface area contributed by atoms with Crippen molar-refractivity contribution < 1.29 is 18.7 Å². The zero-order chi connectivity index (χ0) is 25.5. The van der Waals surface area contributed by atoms with E-state index in [0.717, 1.165) is 28.7 Å². The largest absolute Gasteiger partial charge is 0.497 e. The van der Waals surface area contributed by atoms with Crippen LogP contribution in [0.15, 0.2) is 75.3 Å². The number of nitrogens with zero attached hydrogens (tertiary/aromatic N) is 4. The lowest BCUT2D eigenvalue weighted by Crippen LogP contribution is -2.35. The van der Waals surface area contributed by atoms with E-state index in [1.54, 1.807) is 42.3 Å². The maximum absolute atomic E-state index is 13.5. The Bertz CT molecular complexity index is 1690. The number of imide groups is 1. The lowest BCUT2D eigenvalue weighted by molar-refractivity contribution is -0.137. The number of hydrogen-bond acceptors (Lipinski definition) is 7. The summed E-state index contributed by atoms with van der Waals surface area (Å²) < 4.78 is 12.7. The molecule has 6 rings (SSSR count). The average Bonchev–Trinajstić information content (AvgIpc) is 3.44. The third kappa shape index (κ3) is 3.92. The van der Waals surface area contributed by atoms with E-state index in [1.807, 2.05) is 24.3 Å². The van der Waals surface area contributed by atoms with Crippen LogP contribution in [0.4, 0.5) is 0 Å². The van der Waals surface area contributed by atoms with Gasteiger partial charge in [0.05, 0.1) is 18.8 Å². The molecule has 0 radical (unpaired) electrons. The topological polar surface area (TPSA) is 108 Å². The molecule has 1 aliphatic heterocycles. The summed E-state index contributed by atoms with van der Waals surface area (Å²) in [5.41, 5.74) is 2.85. The molecule has 0 atom stereocenters. The molecule has 0 saturated heterocycles. The molecular formula is C28H24N4O5. The minimum absolute atomic E-state index is 0.134. The first-order chi connectivity index (χ1) is 18.0. The van der Waals surface area contributed by atoms with Crippen LogP contribution in [-0.4, -0.2) is 44.9 Å². The number of amides is 2. The molecule has 2 aliphatic rings. The van der Waals surface area contributed by atoms with Crippen molar-refractivity contribution in [1.82, 2.24) is 19.4 Å². The van der Waals surface area contributed by atoms with Gasteiger partial charge < -0.3 is 9.15 Å². The van der Waals surface area contributed by atoms with Crippen LogP contribution < -0.4 is 10.3 Å². The number of fused-ring (bicyclic) bond motifs is 2. The van der Waals surface area contributed by atoms with Gasteiger partial charge in [-0.25, -0.2) is 9.97 Å². The lowest BCUT2D eigenvalue weighted by atomic mass is 10.00. The number of carbonyl (C=O) groups is 2. The van der Waals surface area contributed by atoms with Gasteiger partial charge in [-0.2, -0.15) is 0 Å². The summed E-state index contributed by atoms with van der Waals surface area (Å²) >= 11 is 0. The summed E-state index contributed by atoms with van der Waals surface area (Å²) in [5, 5.41) is 1.34. The molecule has 37 heavy (non-hydrogen) atoms. The molecule has 0 bridgehead atoms. The summed E-state index contributed by atoms with van der Waals surface area (Å²) in [6.07, 6.45) is 9.00. The quantitative estimate of drug-likeness (QED) is 0.361. The summed E-state index contributed by atoms with van der Waals surface area (Å²) in [7, 11) is 1.61. The number of pyridine rings is 1. The fourth-order valence-corrected chi connectivity index (χ4v) is 5.04. The molecule has 1 aliphatic carbocycles. The fourth-order valence-electron chi connectivity index (χ4n) is 5.04. The molecule has 0 saturated carbocycles. The monoisotopic (exact) mass is 496 g/mol. The number of rotatable bonds is 7. The zero-order valence-electron chi connectivity index (χ0n) is 20.3. The Morgan fingerprint density at radius 3 is 2.78 bits per heavy atom. The smallest absolute Gasteiger partial charge is 0.263 e. The van der Waals surface area contributed by atoms with Crippen molar-refractivity contribution in [3.05, 3.63) is 87.8 Å². The highest BCUT2D eigenvalue weighted by Crippen LogP contribution is 2.29. The zero-order valence-corrected chi connectivity index (χ0v) is 20.3. The van der Waals surface area contributed by atoms with Gasteiger partial charge in [-0.15, -0.1) is 0 Å². The Balaban J connectivity index is 1.31. The Morgan fingerprint density at radius 2 is 1.95 bits per heavy atom. The number of aryl methyl sites for hydroxylation is 1. The first-order valence-electron chi connectivity index (χ1n) is 12.2. The van der Waals surface area contributed by atoms with Crippen LogP contribution in [0.2, 0.25) is 0 Å². The van der Waals surface area contributed by atoms with Crippen LogP contribution in [0.25, 0.3) is 22.0 Å². The Labute approximate surface area is 211 Å². The first kappa shape index (κ1) is 22.9. The average molecular weight is 497 g/mol. The summed E-state index contributed by atoms with van der Waals surface area (Å²) in [5.74, 6) is 0.652. The maximum atomic E-state index is 13.5. The van der Waals surface area contributed by atoms with Gasteiger partial charge in [-0.1, -0.05) is 12.2 Å². The summed E-state index contributed by atoms with van der Waals surface area (Å²) in [6.45, 7) is 0.479. The SMILES string of the molecule is COc1ccc2occ(CCn3c(CCN4C(=O)C5=C(CCC=C5)C4=O)nc4ncccc4c3=O)c2c1. The van der Waals surface area contributed by atoms with Crippen LogP contribution in [-0.2, 0) is 29.0 Å². The molecule has 9 nitrogen and oxygen atoms in total. The third-order valence-electron chi connectivity index (χ3n) is 6.98. The Kier molecular flexibility index (Phi) is 5.67. The number of ether oxygens (including phenoxy) is 1. The van der Waals surface area contributed by atoms with Gasteiger partial charge in [0.1, 0.15) is 17.2 Å². The molecule has 9 heteroatoms. The van der Waals surface area contributed by atoms with Crippen molar-refractivity contribution in [2.45, 2.75) is 32.2 Å². The van der Waals surface area contributed by atoms with E-state index in [9.17, 15) is 14.4 Å². The van der Waals surface area contributed by atoms with E-state index in [2.05, 4.69) is 9.97 Å². The van der Waals surface area contributed by atoms with Gasteiger partial charge in [0.15, 0.2) is 5.65 Å². The lowest BCUT2D eigenvalue weighted by Gasteiger charge is -2.17. The van der Waals surface area contributed by atoms with Gasteiger partial charge in [-0.3, -0.25) is 23.9 Å². The normalized spacial score (nSPS) is 15.3. The summed E-state index contributed by atoms with van der Waals surface area (Å²) in [4.78, 5) is 49.4. The molecule has 0 spiro atoms. The van der Waals surface area contributed by atoms with E-state index < -0.39 is 0 Å². The number of benzene rings is 1. The molecular weight excluding hydrogens is 472 g/mol. The minimum Gasteiger partial charge on any atom is -0.497 e.